The van der Waals surface area contributed by atoms with E-state index in [0.717, 1.165) is 5.56 Å². The number of phenolic OH excluding ortho intramolecular Hbond substituents is 1. The Morgan fingerprint density at radius 2 is 1.69 bits per heavy atom. The van der Waals surface area contributed by atoms with Crippen LogP contribution in [0.4, 0.5) is 0 Å². The van der Waals surface area contributed by atoms with Gasteiger partial charge in [-0.1, -0.05) is 30.3 Å². The molecule has 0 fully saturated rings. The van der Waals surface area contributed by atoms with E-state index in [2.05, 4.69) is 0 Å². The van der Waals surface area contributed by atoms with Crippen LogP contribution < -0.4 is 10.4 Å². The van der Waals surface area contributed by atoms with E-state index in [1.807, 2.05) is 30.3 Å². The largest absolute Gasteiger partial charge is 0.504 e. The fraction of sp³-hybridized carbons (Fsp3) is 0.143. The van der Waals surface area contributed by atoms with Crippen LogP contribution in [0.25, 0.3) is 33.3 Å². The van der Waals surface area contributed by atoms with Crippen LogP contribution in [0.2, 0.25) is 0 Å². The number of ether oxygens (including phenoxy) is 1. The number of methoxy groups -OCH3 is 1. The molecule has 2 aromatic heterocycles. The second kappa shape index (κ2) is 8.68. The first-order valence-electron chi connectivity index (χ1n) is 11.0. The van der Waals surface area contributed by atoms with Crippen LogP contribution in [0.5, 0.6) is 11.5 Å². The summed E-state index contributed by atoms with van der Waals surface area (Å²) in [6, 6.07) is 18.0. The quantitative estimate of drug-likeness (QED) is 0.318. The minimum Gasteiger partial charge on any atom is -0.504 e. The zero-order chi connectivity index (χ0) is 24.7. The fourth-order valence-corrected chi connectivity index (χ4v) is 4.44. The number of benzene rings is 3. The lowest BCUT2D eigenvalue weighted by atomic mass is 9.96. The van der Waals surface area contributed by atoms with Crippen molar-refractivity contribution in [2.45, 2.75) is 19.8 Å². The molecule has 0 aliphatic rings. The molecular formula is C28H22O7. The van der Waals surface area contributed by atoms with Crippen molar-refractivity contribution in [2.24, 2.45) is 0 Å². The van der Waals surface area contributed by atoms with E-state index >= 15 is 0 Å². The van der Waals surface area contributed by atoms with Gasteiger partial charge in [-0.25, -0.2) is 4.79 Å². The van der Waals surface area contributed by atoms with E-state index in [9.17, 15) is 19.8 Å². The first-order valence-corrected chi connectivity index (χ1v) is 11.0. The number of phenols is 1. The predicted octanol–water partition coefficient (Wildman–Crippen LogP) is 5.45. The Bertz CT molecular complexity index is 1620. The molecule has 0 atom stereocenters. The Hall–Kier alpha value is -4.52. The summed E-state index contributed by atoms with van der Waals surface area (Å²) in [4.78, 5) is 24.9. The number of aliphatic carboxylic acids is 1. The molecule has 176 valence electrons. The molecule has 0 bridgehead atoms. The van der Waals surface area contributed by atoms with E-state index in [1.165, 1.54) is 6.07 Å². The summed E-state index contributed by atoms with van der Waals surface area (Å²) in [5, 5.41) is 21.3. The van der Waals surface area contributed by atoms with Gasteiger partial charge in [0, 0.05) is 28.5 Å². The third-order valence-electron chi connectivity index (χ3n) is 6.19. The lowest BCUT2D eigenvalue weighted by Crippen LogP contribution is -2.11. The summed E-state index contributed by atoms with van der Waals surface area (Å²) in [5.41, 5.74) is 2.74. The summed E-state index contributed by atoms with van der Waals surface area (Å²) < 4.78 is 17.0. The van der Waals surface area contributed by atoms with Crippen molar-refractivity contribution in [3.63, 3.8) is 0 Å². The Morgan fingerprint density at radius 1 is 0.971 bits per heavy atom. The minimum absolute atomic E-state index is 0.0675. The molecule has 2 N–H and O–H groups in total. The molecule has 35 heavy (non-hydrogen) atoms. The maximum Gasteiger partial charge on any atom is 0.340 e. The van der Waals surface area contributed by atoms with Crippen LogP contribution in [0.3, 0.4) is 0 Å². The number of carbonyl (C=O) groups is 1. The van der Waals surface area contributed by atoms with E-state index in [1.54, 1.807) is 38.3 Å². The summed E-state index contributed by atoms with van der Waals surface area (Å²) in [6.45, 7) is 1.80. The maximum atomic E-state index is 13.1. The standard InChI is InChI=1S/C28H22O7/c1-15-19-13-22(29)27-24(26(19)35-28(32)20(15)12-16-6-4-3-5-7-16)21(14-23(30)31)25(34-27)17-8-10-18(33-2)11-9-17/h3-11,13,29H,12,14H2,1-2H3,(H,30,31). The third-order valence-corrected chi connectivity index (χ3v) is 6.19. The topological polar surface area (TPSA) is 110 Å². The average Bonchev–Trinajstić information content (AvgIpc) is 3.23. The van der Waals surface area contributed by atoms with Gasteiger partial charge in [-0.05, 0) is 48.4 Å². The van der Waals surface area contributed by atoms with Crippen LogP contribution in [0, 0.1) is 6.92 Å². The highest BCUT2D eigenvalue weighted by Crippen LogP contribution is 2.43. The third kappa shape index (κ3) is 3.91. The number of carboxylic acid groups (broad SMARTS) is 1. The molecule has 0 aliphatic carbocycles. The van der Waals surface area contributed by atoms with E-state index in [-0.39, 0.29) is 34.5 Å². The van der Waals surface area contributed by atoms with Crippen LogP contribution in [0.15, 0.2) is 74.3 Å². The number of hydrogen-bond donors (Lipinski definition) is 2. The fourth-order valence-electron chi connectivity index (χ4n) is 4.44. The van der Waals surface area contributed by atoms with Crippen molar-refractivity contribution >= 4 is 27.9 Å². The summed E-state index contributed by atoms with van der Waals surface area (Å²) in [7, 11) is 1.55. The molecule has 0 aliphatic heterocycles. The van der Waals surface area contributed by atoms with Gasteiger partial charge in [0.1, 0.15) is 17.1 Å². The van der Waals surface area contributed by atoms with Gasteiger partial charge in [-0.2, -0.15) is 0 Å². The highest BCUT2D eigenvalue weighted by Gasteiger charge is 2.26. The molecule has 3 aromatic carbocycles. The Morgan fingerprint density at radius 3 is 2.34 bits per heavy atom. The molecule has 2 heterocycles. The molecule has 7 heteroatoms. The number of hydrogen-bond acceptors (Lipinski definition) is 6. The number of fused-ring (bicyclic) bond motifs is 3. The van der Waals surface area contributed by atoms with Gasteiger partial charge in [0.2, 0.25) is 0 Å². The average molecular weight is 470 g/mol. The van der Waals surface area contributed by atoms with E-state index in [0.29, 0.717) is 39.8 Å². The van der Waals surface area contributed by atoms with Gasteiger partial charge in [0.15, 0.2) is 11.3 Å². The molecule has 0 spiro atoms. The normalized spacial score (nSPS) is 11.3. The smallest absolute Gasteiger partial charge is 0.340 e. The molecule has 0 radical (unpaired) electrons. The van der Waals surface area contributed by atoms with Crippen molar-refractivity contribution in [1.29, 1.82) is 0 Å². The van der Waals surface area contributed by atoms with E-state index in [4.69, 9.17) is 13.6 Å². The van der Waals surface area contributed by atoms with Crippen molar-refractivity contribution in [3.8, 4) is 22.8 Å². The molecule has 5 rings (SSSR count). The highest BCUT2D eigenvalue weighted by atomic mass is 16.5. The molecule has 0 unspecified atom stereocenters. The van der Waals surface area contributed by atoms with Gasteiger partial charge < -0.3 is 23.8 Å². The maximum absolute atomic E-state index is 13.1. The first kappa shape index (κ1) is 22.3. The van der Waals surface area contributed by atoms with Crippen LogP contribution in [-0.2, 0) is 17.6 Å². The van der Waals surface area contributed by atoms with Crippen LogP contribution in [-0.4, -0.2) is 23.3 Å². The van der Waals surface area contributed by atoms with Crippen molar-refractivity contribution in [2.75, 3.05) is 7.11 Å². The zero-order valence-corrected chi connectivity index (χ0v) is 19.1. The van der Waals surface area contributed by atoms with Crippen molar-refractivity contribution in [1.82, 2.24) is 0 Å². The number of furan rings is 1. The van der Waals surface area contributed by atoms with Crippen LogP contribution >= 0.6 is 0 Å². The van der Waals surface area contributed by atoms with Gasteiger partial charge in [-0.15, -0.1) is 0 Å². The second-order valence-corrected chi connectivity index (χ2v) is 8.34. The summed E-state index contributed by atoms with van der Waals surface area (Å²) in [5.74, 6) is -0.341. The van der Waals surface area contributed by atoms with Crippen LogP contribution in [0.1, 0.15) is 22.3 Å². The Kier molecular flexibility index (Phi) is 5.53. The second-order valence-electron chi connectivity index (χ2n) is 8.34. The molecule has 0 amide bonds. The Balaban J connectivity index is 1.79. The molecule has 0 saturated heterocycles. The van der Waals surface area contributed by atoms with Gasteiger partial charge in [0.05, 0.1) is 18.9 Å². The SMILES string of the molecule is COc1ccc(-c2oc3c(O)cc4c(C)c(Cc5ccccc5)c(=O)oc4c3c2CC(=O)O)cc1. The summed E-state index contributed by atoms with van der Waals surface area (Å²) >= 11 is 0. The van der Waals surface area contributed by atoms with Crippen molar-refractivity contribution < 1.29 is 28.6 Å². The molecule has 0 saturated carbocycles. The zero-order valence-electron chi connectivity index (χ0n) is 19.1. The molecular weight excluding hydrogens is 448 g/mol. The number of aromatic hydroxyl groups is 1. The number of carboxylic acids is 1. The van der Waals surface area contributed by atoms with Gasteiger partial charge in [0.25, 0.3) is 0 Å². The Labute approximate surface area is 199 Å². The first-order chi connectivity index (χ1) is 16.9. The van der Waals surface area contributed by atoms with Gasteiger partial charge in [-0.3, -0.25) is 4.79 Å². The highest BCUT2D eigenvalue weighted by molar-refractivity contribution is 6.10. The lowest BCUT2D eigenvalue weighted by molar-refractivity contribution is -0.136. The monoisotopic (exact) mass is 470 g/mol. The molecule has 5 aromatic rings. The number of rotatable bonds is 6. The van der Waals surface area contributed by atoms with Crippen molar-refractivity contribution in [3.05, 3.63) is 93.3 Å². The lowest BCUT2D eigenvalue weighted by Gasteiger charge is -2.10. The number of aryl methyl sites for hydroxylation is 1. The van der Waals surface area contributed by atoms with E-state index < -0.39 is 11.6 Å². The summed E-state index contributed by atoms with van der Waals surface area (Å²) in [6.07, 6.45) is -0.0182. The van der Waals surface area contributed by atoms with Gasteiger partial charge >= 0.3 is 11.6 Å². The molecule has 7 nitrogen and oxygen atoms in total. The minimum atomic E-state index is -1.08. The predicted molar refractivity (Wildman–Crippen MR) is 131 cm³/mol.